The molecule has 0 spiro atoms. The third-order valence-corrected chi connectivity index (χ3v) is 2.99. The van der Waals surface area contributed by atoms with Crippen LogP contribution in [0.3, 0.4) is 0 Å². The van der Waals surface area contributed by atoms with Crippen molar-refractivity contribution in [3.8, 4) is 10.7 Å². The lowest BCUT2D eigenvalue weighted by atomic mass is 10.4. The molecule has 3 nitrogen and oxygen atoms in total. The number of halogens is 2. The lowest BCUT2D eigenvalue weighted by Gasteiger charge is -1.95. The molecule has 2 aromatic rings. The number of nitrogens with zero attached hydrogens (tertiary/aromatic N) is 3. The SMILES string of the molecule is Clc1nsc(-c2ncccc2Br)n1. The van der Waals surface area contributed by atoms with Gasteiger partial charge >= 0.3 is 0 Å². The van der Waals surface area contributed by atoms with Crippen molar-refractivity contribution in [2.75, 3.05) is 0 Å². The van der Waals surface area contributed by atoms with Gasteiger partial charge in [0, 0.05) is 10.7 Å². The van der Waals surface area contributed by atoms with Crippen LogP contribution in [0.15, 0.2) is 22.8 Å². The molecule has 0 aliphatic rings. The Morgan fingerprint density at radius 1 is 1.46 bits per heavy atom. The third kappa shape index (κ3) is 1.87. The molecular weight excluding hydrogens is 274 g/mol. The highest BCUT2D eigenvalue weighted by Gasteiger charge is 2.08. The summed E-state index contributed by atoms with van der Waals surface area (Å²) < 4.78 is 4.76. The van der Waals surface area contributed by atoms with Crippen LogP contribution < -0.4 is 0 Å². The van der Waals surface area contributed by atoms with Crippen LogP contribution in [-0.2, 0) is 0 Å². The summed E-state index contributed by atoms with van der Waals surface area (Å²) in [4.78, 5) is 8.19. The molecular formula is C7H3BrClN3S. The van der Waals surface area contributed by atoms with E-state index in [1.807, 2.05) is 12.1 Å². The molecule has 66 valence electrons. The Morgan fingerprint density at radius 2 is 2.31 bits per heavy atom. The van der Waals surface area contributed by atoms with E-state index in [4.69, 9.17) is 11.6 Å². The molecule has 0 atom stereocenters. The summed E-state index contributed by atoms with van der Waals surface area (Å²) >= 11 is 10.2. The molecule has 0 radical (unpaired) electrons. The highest BCUT2D eigenvalue weighted by Crippen LogP contribution is 2.27. The number of hydrogen-bond acceptors (Lipinski definition) is 4. The number of aromatic nitrogens is 3. The number of rotatable bonds is 1. The van der Waals surface area contributed by atoms with Crippen LogP contribution in [0.1, 0.15) is 0 Å². The van der Waals surface area contributed by atoms with Crippen LogP contribution >= 0.6 is 39.1 Å². The van der Waals surface area contributed by atoms with Crippen molar-refractivity contribution in [1.29, 1.82) is 0 Å². The maximum Gasteiger partial charge on any atom is 0.234 e. The van der Waals surface area contributed by atoms with Crippen LogP contribution in [0.5, 0.6) is 0 Å². The van der Waals surface area contributed by atoms with Crippen LogP contribution in [0.25, 0.3) is 10.7 Å². The largest absolute Gasteiger partial charge is 0.252 e. The predicted octanol–water partition coefficient (Wildman–Crippen LogP) is 3.02. The van der Waals surface area contributed by atoms with Crippen LogP contribution in [0, 0.1) is 0 Å². The predicted molar refractivity (Wildman–Crippen MR) is 55.9 cm³/mol. The molecule has 0 N–H and O–H groups in total. The van der Waals surface area contributed by atoms with Gasteiger partial charge in [0.05, 0.1) is 0 Å². The highest BCUT2D eigenvalue weighted by molar-refractivity contribution is 9.10. The Morgan fingerprint density at radius 3 is 2.92 bits per heavy atom. The monoisotopic (exact) mass is 275 g/mol. The average molecular weight is 277 g/mol. The molecule has 0 saturated carbocycles. The van der Waals surface area contributed by atoms with Gasteiger partial charge in [-0.25, -0.2) is 4.98 Å². The van der Waals surface area contributed by atoms with Crippen molar-refractivity contribution in [3.63, 3.8) is 0 Å². The Bertz CT molecular complexity index is 431. The average Bonchev–Trinajstić information content (AvgIpc) is 2.53. The van der Waals surface area contributed by atoms with Gasteiger partial charge in [-0.3, -0.25) is 4.98 Å². The molecule has 0 fully saturated rings. The molecule has 0 aliphatic heterocycles. The highest BCUT2D eigenvalue weighted by atomic mass is 79.9. The van der Waals surface area contributed by atoms with Crippen molar-refractivity contribution in [3.05, 3.63) is 28.1 Å². The van der Waals surface area contributed by atoms with E-state index < -0.39 is 0 Å². The Kier molecular flexibility index (Phi) is 2.57. The Labute approximate surface area is 92.1 Å². The molecule has 0 amide bonds. The standard InChI is InChI=1S/C7H3BrClN3S/c8-4-2-1-3-10-5(4)6-11-7(9)12-13-6/h1-3H. The Hall–Kier alpha value is -0.520. The van der Waals surface area contributed by atoms with E-state index in [1.54, 1.807) is 6.20 Å². The normalized spacial score (nSPS) is 10.3. The second-order valence-electron chi connectivity index (χ2n) is 2.20. The van der Waals surface area contributed by atoms with Gasteiger partial charge in [0.25, 0.3) is 0 Å². The van der Waals surface area contributed by atoms with Crippen LogP contribution in [-0.4, -0.2) is 14.3 Å². The molecule has 0 bridgehead atoms. The van der Waals surface area contributed by atoms with Gasteiger partial charge in [0.15, 0.2) is 5.01 Å². The van der Waals surface area contributed by atoms with Gasteiger partial charge in [0.2, 0.25) is 5.28 Å². The lowest BCUT2D eigenvalue weighted by molar-refractivity contribution is 1.26. The molecule has 2 heterocycles. The van der Waals surface area contributed by atoms with Gasteiger partial charge in [-0.05, 0) is 51.2 Å². The summed E-state index contributed by atoms with van der Waals surface area (Å²) in [7, 11) is 0. The zero-order chi connectivity index (χ0) is 9.26. The Balaban J connectivity index is 2.52. The molecule has 0 saturated heterocycles. The molecule has 0 aromatic carbocycles. The minimum absolute atomic E-state index is 0.262. The van der Waals surface area contributed by atoms with Crippen molar-refractivity contribution in [2.24, 2.45) is 0 Å². The van der Waals surface area contributed by atoms with Gasteiger partial charge in [-0.2, -0.15) is 4.37 Å². The first-order valence-electron chi connectivity index (χ1n) is 3.37. The van der Waals surface area contributed by atoms with Gasteiger partial charge < -0.3 is 0 Å². The maximum atomic E-state index is 5.61. The summed E-state index contributed by atoms with van der Waals surface area (Å²) in [6.07, 6.45) is 1.70. The fourth-order valence-corrected chi connectivity index (χ4v) is 2.24. The smallest absolute Gasteiger partial charge is 0.234 e. The summed E-state index contributed by atoms with van der Waals surface area (Å²) in [6.45, 7) is 0. The van der Waals surface area contributed by atoms with E-state index in [2.05, 4.69) is 30.3 Å². The maximum absolute atomic E-state index is 5.61. The molecule has 2 rings (SSSR count). The summed E-state index contributed by atoms with van der Waals surface area (Å²) in [6, 6.07) is 3.74. The number of hydrogen-bond donors (Lipinski definition) is 0. The van der Waals surface area contributed by atoms with Crippen LogP contribution in [0.2, 0.25) is 5.28 Å². The first-order valence-corrected chi connectivity index (χ1v) is 5.32. The van der Waals surface area contributed by atoms with Gasteiger partial charge in [-0.15, -0.1) is 0 Å². The zero-order valence-corrected chi connectivity index (χ0v) is 9.40. The quantitative estimate of drug-likeness (QED) is 0.803. The minimum atomic E-state index is 0.262. The van der Waals surface area contributed by atoms with Crippen molar-refractivity contribution < 1.29 is 0 Å². The molecule has 0 unspecified atom stereocenters. The van der Waals surface area contributed by atoms with Crippen molar-refractivity contribution >= 4 is 39.1 Å². The van der Waals surface area contributed by atoms with Crippen molar-refractivity contribution in [2.45, 2.75) is 0 Å². The first kappa shape index (κ1) is 9.05. The van der Waals surface area contributed by atoms with Gasteiger partial charge in [-0.1, -0.05) is 0 Å². The second-order valence-corrected chi connectivity index (χ2v) is 4.15. The van der Waals surface area contributed by atoms with E-state index >= 15 is 0 Å². The summed E-state index contributed by atoms with van der Waals surface area (Å²) in [5.41, 5.74) is 0.770. The van der Waals surface area contributed by atoms with E-state index in [9.17, 15) is 0 Å². The molecule has 0 aliphatic carbocycles. The van der Waals surface area contributed by atoms with E-state index in [0.717, 1.165) is 15.2 Å². The molecule has 2 aromatic heterocycles. The second kappa shape index (κ2) is 3.69. The zero-order valence-electron chi connectivity index (χ0n) is 6.24. The van der Waals surface area contributed by atoms with E-state index in [1.165, 1.54) is 11.5 Å². The summed E-state index contributed by atoms with van der Waals surface area (Å²) in [5.74, 6) is 0. The number of pyridine rings is 1. The van der Waals surface area contributed by atoms with Gasteiger partial charge in [0.1, 0.15) is 5.69 Å². The summed E-state index contributed by atoms with van der Waals surface area (Å²) in [5, 5.41) is 0.982. The van der Waals surface area contributed by atoms with E-state index in [-0.39, 0.29) is 5.28 Å². The molecule has 13 heavy (non-hydrogen) atoms. The fraction of sp³-hybridized carbons (Fsp3) is 0. The fourth-order valence-electron chi connectivity index (χ4n) is 0.845. The van der Waals surface area contributed by atoms with Crippen LogP contribution in [0.4, 0.5) is 0 Å². The first-order chi connectivity index (χ1) is 6.27. The topological polar surface area (TPSA) is 38.7 Å². The third-order valence-electron chi connectivity index (χ3n) is 1.36. The minimum Gasteiger partial charge on any atom is -0.252 e. The van der Waals surface area contributed by atoms with Crippen molar-refractivity contribution in [1.82, 2.24) is 14.3 Å². The van der Waals surface area contributed by atoms with E-state index in [0.29, 0.717) is 0 Å². The molecule has 6 heteroatoms. The lowest BCUT2D eigenvalue weighted by Crippen LogP contribution is -1.82.